The fourth-order valence-corrected chi connectivity index (χ4v) is 3.28. The van der Waals surface area contributed by atoms with Crippen molar-refractivity contribution in [2.75, 3.05) is 5.73 Å². The summed E-state index contributed by atoms with van der Waals surface area (Å²) in [6.45, 7) is 0. The van der Waals surface area contributed by atoms with Crippen molar-refractivity contribution in [2.24, 2.45) is 12.2 Å². The van der Waals surface area contributed by atoms with Crippen LogP contribution in [0.15, 0.2) is 37.9 Å². The highest BCUT2D eigenvalue weighted by atomic mass is 32.2. The minimum Gasteiger partial charge on any atom is -0.399 e. The maximum atomic E-state index is 11.5. The largest absolute Gasteiger partial charge is 0.399 e. The molecule has 0 amide bonds. The molecule has 0 aliphatic carbocycles. The van der Waals surface area contributed by atoms with Gasteiger partial charge in [0.1, 0.15) is 0 Å². The van der Waals surface area contributed by atoms with Crippen LogP contribution in [0, 0.1) is 0 Å². The molecule has 1 aromatic carbocycles. The molecule has 0 unspecified atom stereocenters. The van der Waals surface area contributed by atoms with Gasteiger partial charge in [-0.15, -0.1) is 5.10 Å². The lowest BCUT2D eigenvalue weighted by Crippen LogP contribution is -2.14. The zero-order chi connectivity index (χ0) is 14.2. The first-order chi connectivity index (χ1) is 8.79. The zero-order valence-corrected chi connectivity index (χ0v) is 11.5. The molecule has 0 aliphatic heterocycles. The van der Waals surface area contributed by atoms with Gasteiger partial charge in [-0.3, -0.25) is 4.57 Å². The van der Waals surface area contributed by atoms with E-state index in [1.165, 1.54) is 23.7 Å². The summed E-state index contributed by atoms with van der Waals surface area (Å²) < 4.78 is 24.3. The van der Waals surface area contributed by atoms with Crippen molar-refractivity contribution in [1.29, 1.82) is 0 Å². The molecule has 10 heteroatoms. The molecule has 8 nitrogen and oxygen atoms in total. The molecule has 0 radical (unpaired) electrons. The Labute approximate surface area is 112 Å². The average Bonchev–Trinajstić information content (AvgIpc) is 2.62. The van der Waals surface area contributed by atoms with E-state index in [1.54, 1.807) is 6.07 Å². The van der Waals surface area contributed by atoms with E-state index in [2.05, 4.69) is 10.2 Å². The maximum absolute atomic E-state index is 11.5. The fraction of sp³-hybridized carbons (Fsp3) is 0.111. The third-order valence-electron chi connectivity index (χ3n) is 2.31. The summed E-state index contributed by atoms with van der Waals surface area (Å²) in [7, 11) is -2.39. The smallest absolute Gasteiger partial charge is 0.343 e. The average molecular weight is 301 g/mol. The number of benzene rings is 1. The van der Waals surface area contributed by atoms with Crippen LogP contribution in [0.4, 0.5) is 5.69 Å². The number of sulfonamides is 1. The summed E-state index contributed by atoms with van der Waals surface area (Å²) in [6, 6.07) is 4.32. The highest BCUT2D eigenvalue weighted by Gasteiger charge is 2.17. The summed E-state index contributed by atoms with van der Waals surface area (Å²) in [5.74, 6) is 0. The van der Waals surface area contributed by atoms with Crippen LogP contribution in [0.3, 0.4) is 0 Å². The van der Waals surface area contributed by atoms with E-state index in [1.807, 2.05) is 0 Å². The van der Waals surface area contributed by atoms with Crippen molar-refractivity contribution < 1.29 is 8.42 Å². The quantitative estimate of drug-likeness (QED) is 0.653. The minimum absolute atomic E-state index is 0.104. The molecule has 1 aromatic heterocycles. The summed E-state index contributed by atoms with van der Waals surface area (Å²) in [5.41, 5.74) is 5.43. The molecule has 0 saturated carbocycles. The molecule has 1 heterocycles. The standard InChI is InChI=1S/C9H11N5O3S2/c1-14-8(15)12-13-9(14)18-6-3-2-5(10)4-7(6)19(11,16)17/h2-4H,10H2,1H3,(H,12,15)(H2,11,16,17). The van der Waals surface area contributed by atoms with Gasteiger partial charge >= 0.3 is 5.69 Å². The number of aromatic amines is 1. The lowest BCUT2D eigenvalue weighted by Gasteiger charge is -2.07. The van der Waals surface area contributed by atoms with Gasteiger partial charge in [0.2, 0.25) is 10.0 Å². The van der Waals surface area contributed by atoms with Gasteiger partial charge in [-0.05, 0) is 30.0 Å². The number of aromatic nitrogens is 3. The Morgan fingerprint density at radius 3 is 2.63 bits per heavy atom. The Morgan fingerprint density at radius 2 is 2.11 bits per heavy atom. The summed E-state index contributed by atoms with van der Waals surface area (Å²) >= 11 is 1.00. The van der Waals surface area contributed by atoms with Crippen LogP contribution in [0.1, 0.15) is 0 Å². The Hall–Kier alpha value is -1.78. The molecule has 5 N–H and O–H groups in total. The third-order valence-corrected chi connectivity index (χ3v) is 4.52. The van der Waals surface area contributed by atoms with Crippen molar-refractivity contribution in [1.82, 2.24) is 14.8 Å². The topological polar surface area (TPSA) is 137 Å². The molecule has 2 rings (SSSR count). The lowest BCUT2D eigenvalue weighted by molar-refractivity contribution is 0.596. The molecule has 0 bridgehead atoms. The number of nitrogens with two attached hydrogens (primary N) is 2. The number of hydrogen-bond donors (Lipinski definition) is 3. The van der Waals surface area contributed by atoms with Crippen LogP contribution in [0.2, 0.25) is 0 Å². The molecular weight excluding hydrogens is 290 g/mol. The van der Waals surface area contributed by atoms with E-state index in [0.717, 1.165) is 11.8 Å². The molecular formula is C9H11N5O3S2. The minimum atomic E-state index is -3.91. The molecule has 2 aromatic rings. The highest BCUT2D eigenvalue weighted by Crippen LogP contribution is 2.31. The Morgan fingerprint density at radius 1 is 1.42 bits per heavy atom. The van der Waals surface area contributed by atoms with Gasteiger partial charge < -0.3 is 5.73 Å². The van der Waals surface area contributed by atoms with Gasteiger partial charge in [-0.2, -0.15) is 0 Å². The highest BCUT2D eigenvalue weighted by molar-refractivity contribution is 8.00. The fourth-order valence-electron chi connectivity index (χ4n) is 1.35. The van der Waals surface area contributed by atoms with Gasteiger partial charge in [-0.1, -0.05) is 0 Å². The first kappa shape index (κ1) is 13.6. The van der Waals surface area contributed by atoms with Crippen molar-refractivity contribution in [3.8, 4) is 0 Å². The molecule has 0 atom stereocenters. The summed E-state index contributed by atoms with van der Waals surface area (Å²) in [4.78, 5) is 11.5. The number of rotatable bonds is 3. The van der Waals surface area contributed by atoms with E-state index >= 15 is 0 Å². The number of primary sulfonamides is 1. The molecule has 0 saturated heterocycles. The van der Waals surface area contributed by atoms with E-state index in [4.69, 9.17) is 10.9 Å². The zero-order valence-electron chi connectivity index (χ0n) is 9.82. The van der Waals surface area contributed by atoms with Crippen LogP contribution in [0.25, 0.3) is 0 Å². The van der Waals surface area contributed by atoms with Gasteiger partial charge in [0.05, 0.1) is 4.90 Å². The van der Waals surface area contributed by atoms with Crippen LogP contribution in [-0.4, -0.2) is 23.2 Å². The predicted molar refractivity (Wildman–Crippen MR) is 70.2 cm³/mol. The Balaban J connectivity index is 2.52. The van der Waals surface area contributed by atoms with Crippen LogP contribution >= 0.6 is 11.8 Å². The van der Waals surface area contributed by atoms with Gasteiger partial charge in [0.15, 0.2) is 5.16 Å². The number of H-pyrrole nitrogens is 1. The van der Waals surface area contributed by atoms with Crippen LogP contribution < -0.4 is 16.6 Å². The first-order valence-corrected chi connectivity index (χ1v) is 7.37. The van der Waals surface area contributed by atoms with Crippen LogP contribution in [-0.2, 0) is 17.1 Å². The monoisotopic (exact) mass is 301 g/mol. The number of nitrogen functional groups attached to an aromatic ring is 1. The van der Waals surface area contributed by atoms with Gasteiger partial charge in [0.25, 0.3) is 0 Å². The molecule has 19 heavy (non-hydrogen) atoms. The lowest BCUT2D eigenvalue weighted by atomic mass is 10.3. The van der Waals surface area contributed by atoms with E-state index < -0.39 is 15.7 Å². The van der Waals surface area contributed by atoms with Crippen molar-refractivity contribution >= 4 is 27.5 Å². The van der Waals surface area contributed by atoms with Crippen molar-refractivity contribution in [2.45, 2.75) is 14.9 Å². The summed E-state index contributed by atoms with van der Waals surface area (Å²) in [6.07, 6.45) is 0. The molecule has 0 spiro atoms. The second kappa shape index (κ2) is 4.72. The number of nitrogens with one attached hydrogen (secondary N) is 1. The Bertz CT molecular complexity index is 777. The predicted octanol–water partition coefficient (Wildman–Crippen LogP) is -0.511. The van der Waals surface area contributed by atoms with Crippen molar-refractivity contribution in [3.63, 3.8) is 0 Å². The molecule has 0 aliphatic rings. The second-order valence-electron chi connectivity index (χ2n) is 3.72. The summed E-state index contributed by atoms with van der Waals surface area (Å²) in [5, 5.41) is 11.5. The Kier molecular flexibility index (Phi) is 3.39. The third kappa shape index (κ3) is 2.80. The normalized spacial score (nSPS) is 11.7. The van der Waals surface area contributed by atoms with Gasteiger partial charge in [-0.25, -0.2) is 23.4 Å². The van der Waals surface area contributed by atoms with Gasteiger partial charge in [0, 0.05) is 17.6 Å². The van der Waals surface area contributed by atoms with Crippen molar-refractivity contribution in [3.05, 3.63) is 28.7 Å². The molecule has 0 fully saturated rings. The van der Waals surface area contributed by atoms with E-state index in [-0.39, 0.29) is 10.6 Å². The SMILES string of the molecule is Cn1c(Sc2ccc(N)cc2S(N)(=O)=O)n[nH]c1=O. The number of anilines is 1. The van der Waals surface area contributed by atoms with E-state index in [0.29, 0.717) is 10.1 Å². The van der Waals surface area contributed by atoms with Crippen LogP contribution in [0.5, 0.6) is 0 Å². The van der Waals surface area contributed by atoms with E-state index in [9.17, 15) is 13.2 Å². The second-order valence-corrected chi connectivity index (χ2v) is 6.26. The number of hydrogen-bond acceptors (Lipinski definition) is 6. The number of nitrogens with zero attached hydrogens (tertiary/aromatic N) is 2. The maximum Gasteiger partial charge on any atom is 0.343 e. The first-order valence-electron chi connectivity index (χ1n) is 5.00. The molecule has 102 valence electrons.